The molecule has 1 fully saturated rings. The number of likely N-dealkylation sites (tertiary alicyclic amines) is 1. The number of Topliss-reactive ketones (excluding diaryl/α,β-unsaturated/α-hetero) is 1. The van der Waals surface area contributed by atoms with Crippen LogP contribution in [0.2, 0.25) is 0 Å². The Hall–Kier alpha value is -3.80. The van der Waals surface area contributed by atoms with Crippen LogP contribution in [0.3, 0.4) is 0 Å². The van der Waals surface area contributed by atoms with Gasteiger partial charge in [0, 0.05) is 30.8 Å². The molecule has 0 aliphatic carbocycles. The molecule has 1 amide bonds. The van der Waals surface area contributed by atoms with Gasteiger partial charge in [0.1, 0.15) is 12.1 Å². The van der Waals surface area contributed by atoms with Crippen LogP contribution in [0.4, 0.5) is 0 Å². The van der Waals surface area contributed by atoms with E-state index in [-0.39, 0.29) is 17.6 Å². The number of hydrogen-bond acceptors (Lipinski definition) is 4. The van der Waals surface area contributed by atoms with Gasteiger partial charge in [0.15, 0.2) is 5.78 Å². The minimum Gasteiger partial charge on any atom is -0.339 e. The van der Waals surface area contributed by atoms with E-state index >= 15 is 0 Å². The standard InChI is InChI=1S/C26H24N4O2/c1-18-6-8-19(9-7-18)25(31)20-12-14-29(15-13-20)26(32)21-10-11-24(27-16-21)30-17-28-22-4-2-3-5-23(22)30/h2-11,16-17,20H,12-15H2,1H3. The van der Waals surface area contributed by atoms with E-state index in [1.165, 1.54) is 0 Å². The zero-order chi connectivity index (χ0) is 22.1. The van der Waals surface area contributed by atoms with E-state index in [1.807, 2.05) is 77.1 Å². The predicted octanol–water partition coefficient (Wildman–Crippen LogP) is 4.46. The Bertz CT molecular complexity index is 1270. The summed E-state index contributed by atoms with van der Waals surface area (Å²) in [7, 11) is 0. The number of nitrogens with zero attached hydrogens (tertiary/aromatic N) is 4. The number of carbonyl (C=O) groups is 2. The number of benzene rings is 2. The SMILES string of the molecule is Cc1ccc(C(=O)C2CCN(C(=O)c3ccc(-n4cnc5ccccc54)nc3)CC2)cc1. The third-order valence-corrected chi connectivity index (χ3v) is 6.18. The summed E-state index contributed by atoms with van der Waals surface area (Å²) in [5.41, 5.74) is 4.33. The van der Waals surface area contributed by atoms with Crippen LogP contribution in [0, 0.1) is 12.8 Å². The van der Waals surface area contributed by atoms with E-state index in [2.05, 4.69) is 9.97 Å². The summed E-state index contributed by atoms with van der Waals surface area (Å²) in [5, 5.41) is 0. The summed E-state index contributed by atoms with van der Waals surface area (Å²) >= 11 is 0. The van der Waals surface area contributed by atoms with E-state index in [4.69, 9.17) is 0 Å². The van der Waals surface area contributed by atoms with E-state index in [0.29, 0.717) is 31.5 Å². The molecule has 0 radical (unpaired) electrons. The molecule has 0 atom stereocenters. The predicted molar refractivity (Wildman–Crippen MR) is 123 cm³/mol. The van der Waals surface area contributed by atoms with Crippen LogP contribution in [-0.2, 0) is 0 Å². The van der Waals surface area contributed by atoms with Crippen molar-refractivity contribution < 1.29 is 9.59 Å². The first-order valence-electron chi connectivity index (χ1n) is 10.9. The van der Waals surface area contributed by atoms with Gasteiger partial charge in [-0.05, 0) is 44.0 Å². The molecule has 1 aliphatic heterocycles. The number of aryl methyl sites for hydroxylation is 1. The number of imidazole rings is 1. The highest BCUT2D eigenvalue weighted by atomic mass is 16.2. The van der Waals surface area contributed by atoms with Crippen LogP contribution >= 0.6 is 0 Å². The van der Waals surface area contributed by atoms with Crippen molar-refractivity contribution in [2.24, 2.45) is 5.92 Å². The number of ketones is 1. The van der Waals surface area contributed by atoms with Crippen LogP contribution in [-0.4, -0.2) is 44.2 Å². The van der Waals surface area contributed by atoms with Crippen LogP contribution in [0.15, 0.2) is 73.2 Å². The van der Waals surface area contributed by atoms with Gasteiger partial charge in [-0.25, -0.2) is 9.97 Å². The Morgan fingerprint density at radius 1 is 0.875 bits per heavy atom. The number of fused-ring (bicyclic) bond motifs is 1. The minimum atomic E-state index is -0.0409. The fraction of sp³-hybridized carbons (Fsp3) is 0.231. The number of amides is 1. The average Bonchev–Trinajstić information content (AvgIpc) is 3.28. The van der Waals surface area contributed by atoms with Crippen LogP contribution in [0.1, 0.15) is 39.1 Å². The maximum absolute atomic E-state index is 13.0. The van der Waals surface area contributed by atoms with Gasteiger partial charge in [-0.2, -0.15) is 0 Å². The van der Waals surface area contributed by atoms with Gasteiger partial charge < -0.3 is 4.90 Å². The van der Waals surface area contributed by atoms with Crippen molar-refractivity contribution in [2.75, 3.05) is 13.1 Å². The van der Waals surface area contributed by atoms with Gasteiger partial charge in [0.05, 0.1) is 16.6 Å². The highest BCUT2D eigenvalue weighted by molar-refractivity contribution is 5.98. The maximum atomic E-state index is 13.0. The molecule has 6 nitrogen and oxygen atoms in total. The summed E-state index contributed by atoms with van der Waals surface area (Å²) in [6.45, 7) is 3.17. The molecule has 0 spiro atoms. The van der Waals surface area contributed by atoms with Gasteiger partial charge >= 0.3 is 0 Å². The Balaban J connectivity index is 1.24. The molecule has 6 heteroatoms. The molecule has 0 unspecified atom stereocenters. The third kappa shape index (κ3) is 3.80. The van der Waals surface area contributed by atoms with Crippen LogP contribution < -0.4 is 0 Å². The Labute approximate surface area is 186 Å². The quantitative estimate of drug-likeness (QED) is 0.454. The second-order valence-electron chi connectivity index (χ2n) is 8.31. The molecule has 160 valence electrons. The first-order valence-corrected chi connectivity index (χ1v) is 10.9. The monoisotopic (exact) mass is 424 g/mol. The van der Waals surface area contributed by atoms with Crippen LogP contribution in [0.5, 0.6) is 0 Å². The topological polar surface area (TPSA) is 68.1 Å². The van der Waals surface area contributed by atoms with E-state index in [9.17, 15) is 9.59 Å². The molecular weight excluding hydrogens is 400 g/mol. The normalized spacial score (nSPS) is 14.6. The largest absolute Gasteiger partial charge is 0.339 e. The number of aromatic nitrogens is 3. The second kappa shape index (κ2) is 8.38. The summed E-state index contributed by atoms with van der Waals surface area (Å²) in [6.07, 6.45) is 4.73. The van der Waals surface area contributed by atoms with Gasteiger partial charge in [0.2, 0.25) is 0 Å². The van der Waals surface area contributed by atoms with Crippen molar-refractivity contribution in [3.63, 3.8) is 0 Å². The summed E-state index contributed by atoms with van der Waals surface area (Å²) in [4.78, 5) is 36.5. The lowest BCUT2D eigenvalue weighted by atomic mass is 9.88. The number of hydrogen-bond donors (Lipinski definition) is 0. The molecule has 1 saturated heterocycles. The van der Waals surface area contributed by atoms with Crippen LogP contribution in [0.25, 0.3) is 16.9 Å². The molecule has 1 aliphatic rings. The van der Waals surface area contributed by atoms with Crippen molar-refractivity contribution in [3.05, 3.63) is 89.9 Å². The van der Waals surface area contributed by atoms with Crippen molar-refractivity contribution >= 4 is 22.7 Å². The minimum absolute atomic E-state index is 0.0308. The molecule has 0 saturated carbocycles. The highest BCUT2D eigenvalue weighted by Gasteiger charge is 2.28. The van der Waals surface area contributed by atoms with Gasteiger partial charge in [-0.15, -0.1) is 0 Å². The molecule has 4 aromatic rings. The zero-order valence-electron chi connectivity index (χ0n) is 17.9. The van der Waals surface area contributed by atoms with Gasteiger partial charge in [0.25, 0.3) is 5.91 Å². The van der Waals surface area contributed by atoms with Crippen molar-refractivity contribution in [1.29, 1.82) is 0 Å². The molecular formula is C26H24N4O2. The Kier molecular flexibility index (Phi) is 5.27. The fourth-order valence-electron chi connectivity index (χ4n) is 4.28. The van der Waals surface area contributed by atoms with Crippen molar-refractivity contribution in [1.82, 2.24) is 19.4 Å². The molecule has 3 heterocycles. The van der Waals surface area contributed by atoms with Gasteiger partial charge in [-0.3, -0.25) is 14.2 Å². The third-order valence-electron chi connectivity index (χ3n) is 6.18. The molecule has 5 rings (SSSR count). The second-order valence-corrected chi connectivity index (χ2v) is 8.31. The molecule has 2 aromatic heterocycles. The summed E-state index contributed by atoms with van der Waals surface area (Å²) in [6, 6.07) is 19.2. The number of pyridine rings is 1. The highest BCUT2D eigenvalue weighted by Crippen LogP contribution is 2.24. The van der Waals surface area contributed by atoms with Crippen molar-refractivity contribution in [2.45, 2.75) is 19.8 Å². The molecule has 32 heavy (non-hydrogen) atoms. The number of piperidine rings is 1. The Morgan fingerprint density at radius 2 is 1.59 bits per heavy atom. The lowest BCUT2D eigenvalue weighted by Crippen LogP contribution is -2.40. The van der Waals surface area contributed by atoms with Gasteiger partial charge in [-0.1, -0.05) is 42.0 Å². The van der Waals surface area contributed by atoms with E-state index < -0.39 is 0 Å². The Morgan fingerprint density at radius 3 is 2.31 bits per heavy atom. The number of para-hydroxylation sites is 2. The summed E-state index contributed by atoms with van der Waals surface area (Å²) in [5.74, 6) is 0.825. The molecule has 2 aromatic carbocycles. The molecule has 0 bridgehead atoms. The maximum Gasteiger partial charge on any atom is 0.255 e. The lowest BCUT2D eigenvalue weighted by molar-refractivity contribution is 0.0650. The number of rotatable bonds is 4. The van der Waals surface area contributed by atoms with Crippen molar-refractivity contribution in [3.8, 4) is 5.82 Å². The first-order chi connectivity index (χ1) is 15.6. The lowest BCUT2D eigenvalue weighted by Gasteiger charge is -2.31. The zero-order valence-corrected chi connectivity index (χ0v) is 17.9. The number of carbonyl (C=O) groups excluding carboxylic acids is 2. The average molecular weight is 425 g/mol. The molecule has 0 N–H and O–H groups in total. The fourth-order valence-corrected chi connectivity index (χ4v) is 4.28. The van der Waals surface area contributed by atoms with E-state index in [0.717, 1.165) is 28.0 Å². The van der Waals surface area contributed by atoms with E-state index in [1.54, 1.807) is 12.5 Å². The smallest absolute Gasteiger partial charge is 0.255 e. The first kappa shape index (κ1) is 20.1. The summed E-state index contributed by atoms with van der Waals surface area (Å²) < 4.78 is 1.91.